The van der Waals surface area contributed by atoms with Crippen molar-refractivity contribution in [2.24, 2.45) is 0 Å². The molecular weight excluding hydrogens is 332 g/mol. The second-order valence-corrected chi connectivity index (χ2v) is 6.79. The molecule has 2 aromatic rings. The van der Waals surface area contributed by atoms with Gasteiger partial charge in [-0.25, -0.2) is 13.4 Å². The van der Waals surface area contributed by atoms with E-state index in [1.807, 2.05) is 12.1 Å². The molecule has 0 aromatic carbocycles. The van der Waals surface area contributed by atoms with Crippen LogP contribution in [0.25, 0.3) is 0 Å². The van der Waals surface area contributed by atoms with Gasteiger partial charge in [-0.2, -0.15) is 0 Å². The molecule has 0 fully saturated rings. The van der Waals surface area contributed by atoms with Crippen molar-refractivity contribution in [3.05, 3.63) is 46.8 Å². The molecule has 0 saturated heterocycles. The van der Waals surface area contributed by atoms with Crippen LogP contribution in [0.2, 0.25) is 0 Å². The summed E-state index contributed by atoms with van der Waals surface area (Å²) in [6, 6.07) is 6.68. The van der Waals surface area contributed by atoms with Gasteiger partial charge in [-0.15, -0.1) is 0 Å². The maximum Gasteiger partial charge on any atom is 0.213 e. The number of sulfone groups is 1. The molecule has 0 aliphatic rings. The molecule has 100 valence electrons. The van der Waals surface area contributed by atoms with Crippen molar-refractivity contribution in [2.45, 2.75) is 11.5 Å². The van der Waals surface area contributed by atoms with Crippen molar-refractivity contribution in [2.75, 3.05) is 6.26 Å². The lowest BCUT2D eigenvalue weighted by atomic mass is 10.4. The zero-order valence-electron chi connectivity index (χ0n) is 10.1. The number of rotatable bonds is 4. The summed E-state index contributed by atoms with van der Waals surface area (Å²) in [5.74, 6) is 0.358. The van der Waals surface area contributed by atoms with Crippen LogP contribution >= 0.6 is 15.9 Å². The van der Waals surface area contributed by atoms with Crippen LogP contribution < -0.4 is 4.74 Å². The molecule has 0 N–H and O–H groups in total. The van der Waals surface area contributed by atoms with Gasteiger partial charge in [0, 0.05) is 29.2 Å². The standard InChI is InChI=1S/C12H11BrN2O3S/c1-19(16,17)11-4-5-12(15-7-11)18-8-10-3-2-9(13)6-14-10/h2-7H,8H2,1H3. The summed E-state index contributed by atoms with van der Waals surface area (Å²) in [6.45, 7) is 0.276. The third-order valence-corrected chi connectivity index (χ3v) is 3.86. The van der Waals surface area contributed by atoms with E-state index in [4.69, 9.17) is 4.74 Å². The first-order chi connectivity index (χ1) is 8.95. The van der Waals surface area contributed by atoms with Crippen molar-refractivity contribution in [1.29, 1.82) is 0 Å². The van der Waals surface area contributed by atoms with E-state index in [-0.39, 0.29) is 11.5 Å². The van der Waals surface area contributed by atoms with Gasteiger partial charge in [0.25, 0.3) is 0 Å². The molecule has 0 aliphatic carbocycles. The highest BCUT2D eigenvalue weighted by molar-refractivity contribution is 9.10. The Morgan fingerprint density at radius 3 is 2.47 bits per heavy atom. The highest BCUT2D eigenvalue weighted by atomic mass is 79.9. The maximum absolute atomic E-state index is 11.3. The highest BCUT2D eigenvalue weighted by Crippen LogP contribution is 2.14. The van der Waals surface area contributed by atoms with Crippen molar-refractivity contribution in [3.63, 3.8) is 0 Å². The van der Waals surface area contributed by atoms with Crippen molar-refractivity contribution < 1.29 is 13.2 Å². The predicted molar refractivity (Wildman–Crippen MR) is 73.6 cm³/mol. The molecule has 5 nitrogen and oxygen atoms in total. The van der Waals surface area contributed by atoms with Gasteiger partial charge in [0.05, 0.1) is 10.6 Å². The Balaban J connectivity index is 2.02. The maximum atomic E-state index is 11.3. The summed E-state index contributed by atoms with van der Waals surface area (Å²) in [5.41, 5.74) is 0.761. The van der Waals surface area contributed by atoms with Crippen molar-refractivity contribution in [3.8, 4) is 5.88 Å². The quantitative estimate of drug-likeness (QED) is 0.851. The van der Waals surface area contributed by atoms with E-state index < -0.39 is 9.84 Å². The molecule has 0 spiro atoms. The third-order valence-electron chi connectivity index (χ3n) is 2.29. The number of halogens is 1. The van der Waals surface area contributed by atoms with Gasteiger partial charge >= 0.3 is 0 Å². The topological polar surface area (TPSA) is 69.2 Å². The first-order valence-electron chi connectivity index (χ1n) is 5.34. The smallest absolute Gasteiger partial charge is 0.213 e. The molecule has 2 aromatic heterocycles. The van der Waals surface area contributed by atoms with Crippen LogP contribution in [0.15, 0.2) is 46.0 Å². The van der Waals surface area contributed by atoms with Gasteiger partial charge in [0.1, 0.15) is 6.61 Å². The molecule has 0 aliphatic heterocycles. The lowest BCUT2D eigenvalue weighted by Gasteiger charge is -2.05. The molecule has 2 heterocycles. The number of hydrogen-bond acceptors (Lipinski definition) is 5. The fourth-order valence-corrected chi connectivity index (χ4v) is 2.11. The fourth-order valence-electron chi connectivity index (χ4n) is 1.31. The van der Waals surface area contributed by atoms with Gasteiger partial charge < -0.3 is 4.74 Å². The van der Waals surface area contributed by atoms with Crippen LogP contribution in [0.1, 0.15) is 5.69 Å². The summed E-state index contributed by atoms with van der Waals surface area (Å²) in [4.78, 5) is 8.26. The zero-order valence-corrected chi connectivity index (χ0v) is 12.5. The Bertz CT molecular complexity index is 654. The Labute approximate surface area is 119 Å². The van der Waals surface area contributed by atoms with Crippen molar-refractivity contribution >= 4 is 25.8 Å². The van der Waals surface area contributed by atoms with Gasteiger partial charge in [-0.05, 0) is 34.1 Å². The van der Waals surface area contributed by atoms with Crippen LogP contribution in [0.5, 0.6) is 5.88 Å². The number of nitrogens with zero attached hydrogens (tertiary/aromatic N) is 2. The van der Waals surface area contributed by atoms with E-state index in [1.54, 1.807) is 6.20 Å². The second-order valence-electron chi connectivity index (χ2n) is 3.86. The van der Waals surface area contributed by atoms with E-state index in [2.05, 4.69) is 25.9 Å². The number of aromatic nitrogens is 2. The fraction of sp³-hybridized carbons (Fsp3) is 0.167. The van der Waals surface area contributed by atoms with Gasteiger partial charge in [-0.1, -0.05) is 0 Å². The minimum atomic E-state index is -3.23. The van der Waals surface area contributed by atoms with Gasteiger partial charge in [-0.3, -0.25) is 4.98 Å². The van der Waals surface area contributed by atoms with Crippen LogP contribution in [-0.2, 0) is 16.4 Å². The number of hydrogen-bond donors (Lipinski definition) is 0. The summed E-state index contributed by atoms with van der Waals surface area (Å²) in [7, 11) is -3.23. The van der Waals surface area contributed by atoms with E-state index in [9.17, 15) is 8.42 Å². The number of pyridine rings is 2. The lowest BCUT2D eigenvalue weighted by Crippen LogP contribution is -2.01. The molecular formula is C12H11BrN2O3S. The minimum Gasteiger partial charge on any atom is -0.471 e. The molecule has 19 heavy (non-hydrogen) atoms. The molecule has 0 amide bonds. The normalized spacial score (nSPS) is 11.3. The third kappa shape index (κ3) is 4.00. The molecule has 2 rings (SSSR count). The Morgan fingerprint density at radius 1 is 1.16 bits per heavy atom. The van der Waals surface area contributed by atoms with E-state index in [0.29, 0.717) is 5.88 Å². The highest BCUT2D eigenvalue weighted by Gasteiger charge is 2.07. The Morgan fingerprint density at radius 2 is 1.95 bits per heavy atom. The van der Waals surface area contributed by atoms with Gasteiger partial charge in [0.15, 0.2) is 9.84 Å². The summed E-state index contributed by atoms with van der Waals surface area (Å²) in [5, 5.41) is 0. The predicted octanol–water partition coefficient (Wildman–Crippen LogP) is 2.22. The molecule has 0 saturated carbocycles. The monoisotopic (exact) mass is 342 g/mol. The minimum absolute atomic E-state index is 0.168. The number of ether oxygens (including phenoxy) is 1. The van der Waals surface area contributed by atoms with Crippen LogP contribution in [0.4, 0.5) is 0 Å². The summed E-state index contributed by atoms with van der Waals surface area (Å²) >= 11 is 3.30. The van der Waals surface area contributed by atoms with Crippen LogP contribution in [-0.4, -0.2) is 24.6 Å². The summed E-state index contributed by atoms with van der Waals surface area (Å²) < 4.78 is 28.8. The first kappa shape index (κ1) is 14.0. The SMILES string of the molecule is CS(=O)(=O)c1ccc(OCc2ccc(Br)cn2)nc1. The largest absolute Gasteiger partial charge is 0.471 e. The average Bonchev–Trinajstić information content (AvgIpc) is 2.37. The molecule has 7 heteroatoms. The van der Waals surface area contributed by atoms with E-state index in [1.165, 1.54) is 18.3 Å². The Hall–Kier alpha value is -1.47. The van der Waals surface area contributed by atoms with Crippen LogP contribution in [0, 0.1) is 0 Å². The van der Waals surface area contributed by atoms with E-state index >= 15 is 0 Å². The molecule has 0 radical (unpaired) electrons. The van der Waals surface area contributed by atoms with Gasteiger partial charge in [0.2, 0.25) is 5.88 Å². The Kier molecular flexibility index (Phi) is 4.16. The molecule has 0 bridgehead atoms. The molecule has 0 atom stereocenters. The first-order valence-corrected chi connectivity index (χ1v) is 8.03. The van der Waals surface area contributed by atoms with E-state index in [0.717, 1.165) is 16.4 Å². The van der Waals surface area contributed by atoms with Crippen LogP contribution in [0.3, 0.4) is 0 Å². The second kappa shape index (κ2) is 5.66. The lowest BCUT2D eigenvalue weighted by molar-refractivity contribution is 0.289. The van der Waals surface area contributed by atoms with Crippen molar-refractivity contribution in [1.82, 2.24) is 9.97 Å². The average molecular weight is 343 g/mol. The zero-order chi connectivity index (χ0) is 13.9. The molecule has 0 unspecified atom stereocenters. The summed E-state index contributed by atoms with van der Waals surface area (Å²) in [6.07, 6.45) is 4.09.